The number of nitrogens with zero attached hydrogens (tertiary/aromatic N) is 2. The maximum absolute atomic E-state index is 5.99. The maximum atomic E-state index is 5.99. The number of rotatable bonds is 8. The Bertz CT molecular complexity index is 779. The van der Waals surface area contributed by atoms with E-state index in [-0.39, 0.29) is 11.0 Å². The summed E-state index contributed by atoms with van der Waals surface area (Å²) in [5.41, 5.74) is 5.80. The van der Waals surface area contributed by atoms with Gasteiger partial charge >= 0.3 is 0 Å². The van der Waals surface area contributed by atoms with Gasteiger partial charge in [-0.1, -0.05) is 35.9 Å². The van der Waals surface area contributed by atoms with Crippen molar-refractivity contribution >= 4 is 0 Å². The van der Waals surface area contributed by atoms with Gasteiger partial charge < -0.3 is 4.74 Å². The van der Waals surface area contributed by atoms with Crippen LogP contribution in [0.1, 0.15) is 55.0 Å². The number of aromatic nitrogens is 1. The van der Waals surface area contributed by atoms with Gasteiger partial charge in [-0.2, -0.15) is 0 Å². The van der Waals surface area contributed by atoms with Crippen LogP contribution in [0.5, 0.6) is 0 Å². The molecule has 0 unspecified atom stereocenters. The minimum Gasteiger partial charge on any atom is -0.381 e. The monoisotopic (exact) mass is 378 g/mol. The van der Waals surface area contributed by atoms with Crippen LogP contribution in [0.4, 0.5) is 0 Å². The summed E-state index contributed by atoms with van der Waals surface area (Å²) in [5.74, 6) is 0. The van der Waals surface area contributed by atoms with E-state index in [0.29, 0.717) is 0 Å². The standard InChI is InChI=1S/C25H34N2O/c1-4-28-19-24(12-11-22-8-5-20(2)6-9-22)15-16-27(18-24)25(13-14-25)23-10-7-21(3)26-17-23/h5-10,17H,4,11-16,18-19H2,1-3H3/t24-/m1/s1. The fourth-order valence-corrected chi connectivity index (χ4v) is 4.83. The molecule has 28 heavy (non-hydrogen) atoms. The van der Waals surface area contributed by atoms with E-state index in [1.165, 1.54) is 48.9 Å². The van der Waals surface area contributed by atoms with Gasteiger partial charge in [-0.05, 0) is 76.6 Å². The van der Waals surface area contributed by atoms with E-state index < -0.39 is 0 Å². The van der Waals surface area contributed by atoms with Crippen molar-refractivity contribution in [1.82, 2.24) is 9.88 Å². The minimum absolute atomic E-state index is 0.235. The minimum atomic E-state index is 0.235. The van der Waals surface area contributed by atoms with Gasteiger partial charge in [0.2, 0.25) is 0 Å². The fraction of sp³-hybridized carbons (Fsp3) is 0.560. The van der Waals surface area contributed by atoms with Crippen molar-refractivity contribution < 1.29 is 4.74 Å². The molecular formula is C25H34N2O. The lowest BCUT2D eigenvalue weighted by Crippen LogP contribution is -2.38. The average Bonchev–Trinajstić information content (AvgIpc) is 3.41. The van der Waals surface area contributed by atoms with Crippen LogP contribution in [-0.4, -0.2) is 36.2 Å². The quantitative estimate of drug-likeness (QED) is 0.643. The van der Waals surface area contributed by atoms with Gasteiger partial charge in [0.25, 0.3) is 0 Å². The Kier molecular flexibility index (Phi) is 5.57. The molecule has 1 aliphatic heterocycles. The Hall–Kier alpha value is -1.71. The molecule has 2 heterocycles. The second-order valence-corrected chi connectivity index (χ2v) is 9.01. The van der Waals surface area contributed by atoms with E-state index in [0.717, 1.165) is 31.9 Å². The number of aryl methyl sites for hydroxylation is 3. The predicted molar refractivity (Wildman–Crippen MR) is 115 cm³/mol. The van der Waals surface area contributed by atoms with Gasteiger partial charge in [-0.3, -0.25) is 9.88 Å². The summed E-state index contributed by atoms with van der Waals surface area (Å²) in [6.07, 6.45) is 8.22. The maximum Gasteiger partial charge on any atom is 0.0535 e. The average molecular weight is 379 g/mol. The number of benzene rings is 1. The zero-order valence-electron chi connectivity index (χ0n) is 17.7. The molecule has 0 N–H and O–H groups in total. The lowest BCUT2D eigenvalue weighted by Gasteiger charge is -2.33. The Morgan fingerprint density at radius 2 is 1.82 bits per heavy atom. The van der Waals surface area contributed by atoms with Gasteiger partial charge in [-0.25, -0.2) is 0 Å². The zero-order valence-corrected chi connectivity index (χ0v) is 17.7. The summed E-state index contributed by atoms with van der Waals surface area (Å²) < 4.78 is 5.99. The van der Waals surface area contributed by atoms with E-state index in [1.54, 1.807) is 0 Å². The van der Waals surface area contributed by atoms with Gasteiger partial charge in [0.1, 0.15) is 0 Å². The molecule has 0 bridgehead atoms. The fourth-order valence-electron chi connectivity index (χ4n) is 4.83. The molecular weight excluding hydrogens is 344 g/mol. The van der Waals surface area contributed by atoms with Crippen molar-refractivity contribution in [2.75, 3.05) is 26.3 Å². The van der Waals surface area contributed by atoms with E-state index in [9.17, 15) is 0 Å². The van der Waals surface area contributed by atoms with Crippen LogP contribution in [0.15, 0.2) is 42.6 Å². The lowest BCUT2D eigenvalue weighted by atomic mass is 9.82. The molecule has 3 heteroatoms. The van der Waals surface area contributed by atoms with Crippen LogP contribution in [0, 0.1) is 19.3 Å². The van der Waals surface area contributed by atoms with Crippen molar-refractivity contribution in [3.63, 3.8) is 0 Å². The van der Waals surface area contributed by atoms with Crippen molar-refractivity contribution in [1.29, 1.82) is 0 Å². The molecule has 1 aromatic heterocycles. The van der Waals surface area contributed by atoms with Crippen LogP contribution in [-0.2, 0) is 16.7 Å². The first kappa shape index (κ1) is 19.6. The highest BCUT2D eigenvalue weighted by atomic mass is 16.5. The molecule has 0 radical (unpaired) electrons. The Labute approximate surface area is 170 Å². The van der Waals surface area contributed by atoms with E-state index >= 15 is 0 Å². The number of ether oxygens (including phenoxy) is 1. The molecule has 1 aromatic carbocycles. The molecule has 4 rings (SSSR count). The molecule has 1 saturated carbocycles. The van der Waals surface area contributed by atoms with Crippen LogP contribution < -0.4 is 0 Å². The third-order valence-corrected chi connectivity index (χ3v) is 6.89. The van der Waals surface area contributed by atoms with Crippen molar-refractivity contribution in [2.45, 2.75) is 58.4 Å². The summed E-state index contributed by atoms with van der Waals surface area (Å²) in [6, 6.07) is 13.5. The zero-order chi connectivity index (χ0) is 19.6. The van der Waals surface area contributed by atoms with Gasteiger partial charge in [-0.15, -0.1) is 0 Å². The van der Waals surface area contributed by atoms with Crippen LogP contribution in [0.25, 0.3) is 0 Å². The summed E-state index contributed by atoms with van der Waals surface area (Å²) in [6.45, 7) is 10.3. The highest BCUT2D eigenvalue weighted by molar-refractivity contribution is 5.30. The second kappa shape index (κ2) is 7.96. The molecule has 2 aromatic rings. The third-order valence-electron chi connectivity index (χ3n) is 6.89. The molecule has 1 saturated heterocycles. The lowest BCUT2D eigenvalue weighted by molar-refractivity contribution is 0.0443. The summed E-state index contributed by atoms with van der Waals surface area (Å²) in [7, 11) is 0. The van der Waals surface area contributed by atoms with Gasteiger partial charge in [0, 0.05) is 36.0 Å². The topological polar surface area (TPSA) is 25.4 Å². The van der Waals surface area contributed by atoms with E-state index in [4.69, 9.17) is 4.74 Å². The third kappa shape index (κ3) is 4.01. The van der Waals surface area contributed by atoms with E-state index in [2.05, 4.69) is 73.3 Å². The van der Waals surface area contributed by atoms with E-state index in [1.807, 2.05) is 0 Å². The summed E-state index contributed by atoms with van der Waals surface area (Å²) in [5, 5.41) is 0. The molecule has 0 amide bonds. The predicted octanol–water partition coefficient (Wildman–Crippen LogP) is 5.05. The first-order valence-corrected chi connectivity index (χ1v) is 10.9. The SMILES string of the molecule is CCOC[C@]1(CCc2ccc(C)cc2)CCN(C2(c3ccc(C)nc3)CC2)C1. The molecule has 3 nitrogen and oxygen atoms in total. The number of hydrogen-bond donors (Lipinski definition) is 0. The Balaban J connectivity index is 1.47. The summed E-state index contributed by atoms with van der Waals surface area (Å²) in [4.78, 5) is 7.32. The molecule has 2 aliphatic rings. The Morgan fingerprint density at radius 3 is 2.46 bits per heavy atom. The molecule has 1 aliphatic carbocycles. The number of likely N-dealkylation sites (tertiary alicyclic amines) is 1. The van der Waals surface area contributed by atoms with Crippen molar-refractivity contribution in [3.8, 4) is 0 Å². The molecule has 150 valence electrons. The number of hydrogen-bond acceptors (Lipinski definition) is 3. The van der Waals surface area contributed by atoms with Gasteiger partial charge in [0.05, 0.1) is 6.61 Å². The first-order chi connectivity index (χ1) is 13.6. The summed E-state index contributed by atoms with van der Waals surface area (Å²) >= 11 is 0. The van der Waals surface area contributed by atoms with Gasteiger partial charge in [0.15, 0.2) is 0 Å². The van der Waals surface area contributed by atoms with Crippen LogP contribution in [0.2, 0.25) is 0 Å². The second-order valence-electron chi connectivity index (χ2n) is 9.01. The highest BCUT2D eigenvalue weighted by Crippen LogP contribution is 2.54. The normalized spacial score (nSPS) is 23.8. The first-order valence-electron chi connectivity index (χ1n) is 10.9. The smallest absolute Gasteiger partial charge is 0.0535 e. The van der Waals surface area contributed by atoms with Crippen LogP contribution in [0.3, 0.4) is 0 Å². The highest BCUT2D eigenvalue weighted by Gasteiger charge is 2.54. The van der Waals surface area contributed by atoms with Crippen molar-refractivity contribution in [2.24, 2.45) is 5.41 Å². The Morgan fingerprint density at radius 1 is 1.04 bits per heavy atom. The number of pyridine rings is 1. The molecule has 0 spiro atoms. The van der Waals surface area contributed by atoms with Crippen molar-refractivity contribution in [3.05, 3.63) is 65.0 Å². The molecule has 1 atom stereocenters. The molecule has 2 fully saturated rings. The largest absolute Gasteiger partial charge is 0.381 e. The van der Waals surface area contributed by atoms with Crippen LogP contribution >= 0.6 is 0 Å².